The number of Topliss-reactive ketones (excluding diaryl/α,β-unsaturated/α-hetero) is 1. The average molecular weight is 596 g/mol. The molecule has 0 amide bonds. The van der Waals surface area contributed by atoms with Crippen molar-refractivity contribution in [3.63, 3.8) is 0 Å². The largest absolute Gasteiger partial charge is 0.418 e. The predicted molar refractivity (Wildman–Crippen MR) is 134 cm³/mol. The van der Waals surface area contributed by atoms with Crippen LogP contribution in [0, 0.1) is 5.92 Å². The summed E-state index contributed by atoms with van der Waals surface area (Å²) < 4.78 is 122. The van der Waals surface area contributed by atoms with Crippen molar-refractivity contribution in [3.8, 4) is 11.1 Å². The Hall–Kier alpha value is -3.21. The maximum Gasteiger partial charge on any atom is 0.418 e. The van der Waals surface area contributed by atoms with E-state index in [0.717, 1.165) is 12.1 Å². The van der Waals surface area contributed by atoms with Crippen LogP contribution in [0.4, 0.5) is 50.9 Å². The minimum Gasteiger partial charge on any atom is -0.355 e. The molecule has 0 aliphatic heterocycles. The molecule has 12 heteroatoms. The zero-order valence-electron chi connectivity index (χ0n) is 21.2. The second-order valence-corrected chi connectivity index (χ2v) is 10.1. The van der Waals surface area contributed by atoms with E-state index in [9.17, 15) is 44.3 Å². The van der Waals surface area contributed by atoms with Gasteiger partial charge in [-0.1, -0.05) is 37.6 Å². The lowest BCUT2D eigenvalue weighted by atomic mass is 9.85. The fourth-order valence-corrected chi connectivity index (χ4v) is 4.47. The number of rotatable bonds is 7. The summed E-state index contributed by atoms with van der Waals surface area (Å²) in [5.41, 5.74) is -4.63. The summed E-state index contributed by atoms with van der Waals surface area (Å²) in [6.07, 6.45) is -14.5. The fraction of sp³-hybridized carbons (Fsp3) is 0.321. The topological polar surface area (TPSA) is 29.1 Å². The molecule has 216 valence electrons. The first-order valence-corrected chi connectivity index (χ1v) is 12.2. The molecule has 0 spiro atoms. The molecule has 1 unspecified atom stereocenters. The maximum absolute atomic E-state index is 13.7. The van der Waals surface area contributed by atoms with Crippen LogP contribution in [0.1, 0.15) is 55.4 Å². The number of ketones is 1. The second-order valence-electron chi connectivity index (χ2n) is 9.71. The molecular formula is C28H23ClF9NO. The van der Waals surface area contributed by atoms with Crippen molar-refractivity contribution in [1.82, 2.24) is 0 Å². The van der Waals surface area contributed by atoms with Gasteiger partial charge >= 0.3 is 18.5 Å². The van der Waals surface area contributed by atoms with Crippen molar-refractivity contribution in [3.05, 3.63) is 81.9 Å². The summed E-state index contributed by atoms with van der Waals surface area (Å²) in [6.45, 7) is 4.95. The summed E-state index contributed by atoms with van der Waals surface area (Å²) in [4.78, 5) is 12.5. The first-order chi connectivity index (χ1) is 18.3. The van der Waals surface area contributed by atoms with E-state index >= 15 is 0 Å². The predicted octanol–water partition coefficient (Wildman–Crippen LogP) is 10.5. The van der Waals surface area contributed by atoms with E-state index in [1.165, 1.54) is 31.2 Å². The van der Waals surface area contributed by atoms with Gasteiger partial charge in [0.2, 0.25) is 0 Å². The van der Waals surface area contributed by atoms with Crippen LogP contribution in [0.5, 0.6) is 0 Å². The first-order valence-electron chi connectivity index (χ1n) is 11.9. The molecule has 3 rings (SSSR count). The third-order valence-corrected chi connectivity index (χ3v) is 6.42. The van der Waals surface area contributed by atoms with Gasteiger partial charge in [-0.25, -0.2) is 0 Å². The quantitative estimate of drug-likeness (QED) is 0.275. The molecule has 0 heterocycles. The van der Waals surface area contributed by atoms with Crippen LogP contribution in [-0.4, -0.2) is 5.78 Å². The maximum atomic E-state index is 13.7. The van der Waals surface area contributed by atoms with Gasteiger partial charge in [-0.05, 0) is 78.4 Å². The zero-order valence-corrected chi connectivity index (χ0v) is 22.0. The van der Waals surface area contributed by atoms with E-state index in [-0.39, 0.29) is 34.1 Å². The van der Waals surface area contributed by atoms with Gasteiger partial charge in [-0.15, -0.1) is 0 Å². The molecule has 1 atom stereocenters. The summed E-state index contributed by atoms with van der Waals surface area (Å²) in [5, 5.41) is 1.79. The van der Waals surface area contributed by atoms with Gasteiger partial charge in [0.15, 0.2) is 0 Å². The Kier molecular flexibility index (Phi) is 8.88. The van der Waals surface area contributed by atoms with Gasteiger partial charge in [0, 0.05) is 11.6 Å². The minimum atomic E-state index is -5.02. The third kappa shape index (κ3) is 7.50. The number of carbonyl (C=O) groups is 1. The van der Waals surface area contributed by atoms with E-state index in [1.807, 2.05) is 13.8 Å². The van der Waals surface area contributed by atoms with Crippen LogP contribution < -0.4 is 5.32 Å². The van der Waals surface area contributed by atoms with Crippen molar-refractivity contribution in [2.24, 2.45) is 5.92 Å². The molecule has 1 N–H and O–H groups in total. The Morgan fingerprint density at radius 2 is 1.40 bits per heavy atom. The minimum absolute atomic E-state index is 0.0124. The molecule has 0 fully saturated rings. The van der Waals surface area contributed by atoms with Crippen LogP contribution in [0.25, 0.3) is 11.1 Å². The van der Waals surface area contributed by atoms with Crippen molar-refractivity contribution in [1.29, 1.82) is 0 Å². The van der Waals surface area contributed by atoms with Gasteiger partial charge in [-0.2, -0.15) is 39.5 Å². The molecule has 0 saturated heterocycles. The fourth-order valence-electron chi connectivity index (χ4n) is 4.25. The molecule has 40 heavy (non-hydrogen) atoms. The van der Waals surface area contributed by atoms with Gasteiger partial charge in [0.05, 0.1) is 27.4 Å². The molecular weight excluding hydrogens is 573 g/mol. The number of carbonyl (C=O) groups excluding carboxylic acids is 1. The highest BCUT2D eigenvalue weighted by Crippen LogP contribution is 2.42. The van der Waals surface area contributed by atoms with E-state index in [2.05, 4.69) is 5.32 Å². The number of alkyl halides is 9. The molecule has 3 aromatic rings. The molecule has 0 aliphatic rings. The molecule has 0 aromatic heterocycles. The van der Waals surface area contributed by atoms with Gasteiger partial charge in [0.25, 0.3) is 0 Å². The number of hydrogen-bond donors (Lipinski definition) is 1. The highest BCUT2D eigenvalue weighted by Gasteiger charge is 2.37. The molecule has 0 aliphatic carbocycles. The molecule has 3 aromatic carbocycles. The lowest BCUT2D eigenvalue weighted by molar-refractivity contribution is -0.140. The van der Waals surface area contributed by atoms with E-state index in [0.29, 0.717) is 24.6 Å². The Labute approximate surface area is 229 Å². The van der Waals surface area contributed by atoms with E-state index in [4.69, 9.17) is 11.6 Å². The normalized spacial score (nSPS) is 13.4. The first kappa shape index (κ1) is 31.3. The second kappa shape index (κ2) is 11.3. The standard InChI is InChI=1S/C28H23ClF9NO/c1-14(2)8-21(15(3)40)18-9-17(16-4-7-24(29)23(12-16)28(36,37)38)10-20(11-18)39-25-13-19(26(30,31)32)5-6-22(25)27(33,34)35/h4-7,9-14,21,39H,8H2,1-3H3. The van der Waals surface area contributed by atoms with E-state index in [1.54, 1.807) is 0 Å². The summed E-state index contributed by atoms with van der Waals surface area (Å²) in [7, 11) is 0. The Morgan fingerprint density at radius 1 is 0.775 bits per heavy atom. The molecule has 0 radical (unpaired) electrons. The molecule has 0 bridgehead atoms. The summed E-state index contributed by atoms with van der Waals surface area (Å²) in [6, 6.07) is 7.84. The Bertz CT molecular complexity index is 1390. The van der Waals surface area contributed by atoms with Gasteiger partial charge in [-0.3, -0.25) is 4.79 Å². The zero-order chi connectivity index (χ0) is 30.2. The van der Waals surface area contributed by atoms with Crippen LogP contribution in [0.15, 0.2) is 54.6 Å². The van der Waals surface area contributed by atoms with Gasteiger partial charge in [0.1, 0.15) is 5.78 Å². The SMILES string of the molecule is CC(=O)C(CC(C)C)c1cc(Nc2cc(C(F)(F)F)ccc2C(F)(F)F)cc(-c2ccc(Cl)c(C(F)(F)F)c2)c1. The average Bonchev–Trinajstić information content (AvgIpc) is 2.80. The number of halogens is 10. The number of nitrogens with one attached hydrogen (secondary N) is 1. The highest BCUT2D eigenvalue weighted by atomic mass is 35.5. The Morgan fingerprint density at radius 3 is 1.93 bits per heavy atom. The van der Waals surface area contributed by atoms with Crippen molar-refractivity contribution in [2.45, 2.75) is 51.6 Å². The summed E-state index contributed by atoms with van der Waals surface area (Å²) in [5.74, 6) is -1.10. The molecule has 0 saturated carbocycles. The number of hydrogen-bond acceptors (Lipinski definition) is 2. The lowest BCUT2D eigenvalue weighted by Crippen LogP contribution is -2.14. The monoisotopic (exact) mass is 595 g/mol. The summed E-state index contributed by atoms with van der Waals surface area (Å²) >= 11 is 5.72. The van der Waals surface area contributed by atoms with Crippen molar-refractivity contribution in [2.75, 3.05) is 5.32 Å². The third-order valence-electron chi connectivity index (χ3n) is 6.09. The van der Waals surface area contributed by atoms with Crippen LogP contribution >= 0.6 is 11.6 Å². The lowest BCUT2D eigenvalue weighted by Gasteiger charge is -2.21. The van der Waals surface area contributed by atoms with Crippen LogP contribution in [0.3, 0.4) is 0 Å². The smallest absolute Gasteiger partial charge is 0.355 e. The highest BCUT2D eigenvalue weighted by molar-refractivity contribution is 6.31. The van der Waals surface area contributed by atoms with Crippen molar-refractivity contribution >= 4 is 28.8 Å². The van der Waals surface area contributed by atoms with Crippen LogP contribution in [-0.2, 0) is 23.3 Å². The number of anilines is 2. The van der Waals surface area contributed by atoms with E-state index < -0.39 is 51.8 Å². The Balaban J connectivity index is 2.27. The van der Waals surface area contributed by atoms with Crippen molar-refractivity contribution < 1.29 is 44.3 Å². The van der Waals surface area contributed by atoms with Gasteiger partial charge < -0.3 is 5.32 Å². The molecule has 2 nitrogen and oxygen atoms in total. The van der Waals surface area contributed by atoms with Crippen LogP contribution in [0.2, 0.25) is 5.02 Å². The number of benzene rings is 3.